The number of carbonyl (C=O) groups excluding carboxylic acids is 1. The Morgan fingerprint density at radius 2 is 2.11 bits per heavy atom. The van der Waals surface area contributed by atoms with Crippen LogP contribution in [-0.4, -0.2) is 5.78 Å². The van der Waals surface area contributed by atoms with Gasteiger partial charge in [-0.25, -0.2) is 0 Å². The van der Waals surface area contributed by atoms with E-state index >= 15 is 0 Å². The van der Waals surface area contributed by atoms with Crippen molar-refractivity contribution in [2.24, 2.45) is 0 Å². The zero-order valence-corrected chi connectivity index (χ0v) is 6.33. The molecule has 9 heavy (non-hydrogen) atoms. The summed E-state index contributed by atoms with van der Waals surface area (Å²) in [6.45, 7) is 2.01. The molecule has 0 radical (unpaired) electrons. The number of hydrogen-bond acceptors (Lipinski definition) is 1. The molecule has 0 aliphatic heterocycles. The Labute approximate surface area is 61.5 Å². The average Bonchev–Trinajstić information content (AvgIpc) is 1.64. The van der Waals surface area contributed by atoms with Crippen molar-refractivity contribution in [2.75, 3.05) is 0 Å². The summed E-state index contributed by atoms with van der Waals surface area (Å²) in [7, 11) is 0. The highest BCUT2D eigenvalue weighted by Gasteiger charge is 2.04. The maximum atomic E-state index is 10.6. The Morgan fingerprint density at radius 3 is 2.44 bits per heavy atom. The van der Waals surface area contributed by atoms with E-state index in [4.69, 9.17) is 0 Å². The van der Waals surface area contributed by atoms with Gasteiger partial charge in [-0.15, -0.1) is 12.4 Å². The van der Waals surface area contributed by atoms with Gasteiger partial charge in [0.2, 0.25) is 0 Å². The topological polar surface area (TPSA) is 17.1 Å². The Bertz CT molecular complexity index is 138. The van der Waals surface area contributed by atoms with Gasteiger partial charge in [-0.3, -0.25) is 4.79 Å². The molecule has 0 heterocycles. The third-order valence-electron chi connectivity index (χ3n) is 1.40. The SMILES string of the molecule is CC1=CC(=O)CCC1.Cl. The molecule has 0 bridgehead atoms. The lowest BCUT2D eigenvalue weighted by molar-refractivity contribution is -0.115. The molecule has 0 aromatic heterocycles. The highest BCUT2D eigenvalue weighted by molar-refractivity contribution is 5.90. The van der Waals surface area contributed by atoms with Gasteiger partial charge in [-0.05, 0) is 25.8 Å². The van der Waals surface area contributed by atoms with Gasteiger partial charge in [0.1, 0.15) is 0 Å². The van der Waals surface area contributed by atoms with Crippen LogP contribution in [0.1, 0.15) is 26.2 Å². The normalized spacial score (nSPS) is 18.3. The third-order valence-corrected chi connectivity index (χ3v) is 1.40. The molecule has 1 nitrogen and oxygen atoms in total. The number of halogens is 1. The largest absolute Gasteiger partial charge is 0.295 e. The first-order chi connectivity index (χ1) is 3.79. The lowest BCUT2D eigenvalue weighted by Gasteiger charge is -2.04. The zero-order chi connectivity index (χ0) is 5.98. The van der Waals surface area contributed by atoms with E-state index in [9.17, 15) is 4.79 Å². The van der Waals surface area contributed by atoms with Gasteiger partial charge >= 0.3 is 0 Å². The summed E-state index contributed by atoms with van der Waals surface area (Å²) >= 11 is 0. The van der Waals surface area contributed by atoms with Gasteiger partial charge < -0.3 is 0 Å². The Hall–Kier alpha value is -0.300. The van der Waals surface area contributed by atoms with Crippen LogP contribution < -0.4 is 0 Å². The van der Waals surface area contributed by atoms with E-state index in [1.165, 1.54) is 5.57 Å². The van der Waals surface area contributed by atoms with Gasteiger partial charge in [0.05, 0.1) is 0 Å². The van der Waals surface area contributed by atoms with Crippen molar-refractivity contribution in [2.45, 2.75) is 26.2 Å². The molecule has 1 aliphatic rings. The number of hydrogen-bond donors (Lipinski definition) is 0. The van der Waals surface area contributed by atoms with Crippen molar-refractivity contribution in [1.82, 2.24) is 0 Å². The molecule has 1 rings (SSSR count). The second-order valence-corrected chi connectivity index (χ2v) is 2.31. The summed E-state index contributed by atoms with van der Waals surface area (Å²) in [5, 5.41) is 0. The van der Waals surface area contributed by atoms with Crippen molar-refractivity contribution < 1.29 is 4.79 Å². The molecule has 0 N–H and O–H groups in total. The van der Waals surface area contributed by atoms with E-state index in [0.717, 1.165) is 19.3 Å². The standard InChI is InChI=1S/C7H10O.ClH/c1-6-3-2-4-7(8)5-6;/h5H,2-4H2,1H3;1H. The molecular formula is C7H11ClO. The van der Waals surface area contributed by atoms with Crippen molar-refractivity contribution in [3.8, 4) is 0 Å². The van der Waals surface area contributed by atoms with Crippen molar-refractivity contribution in [1.29, 1.82) is 0 Å². The highest BCUT2D eigenvalue weighted by atomic mass is 35.5. The molecule has 0 spiro atoms. The van der Waals surface area contributed by atoms with Gasteiger partial charge in [0.15, 0.2) is 5.78 Å². The van der Waals surface area contributed by atoms with Crippen molar-refractivity contribution in [3.05, 3.63) is 11.6 Å². The van der Waals surface area contributed by atoms with Crippen LogP contribution in [0.25, 0.3) is 0 Å². The van der Waals surface area contributed by atoms with E-state index in [-0.39, 0.29) is 12.4 Å². The van der Waals surface area contributed by atoms with Gasteiger partial charge in [-0.1, -0.05) is 5.57 Å². The molecule has 0 atom stereocenters. The minimum absolute atomic E-state index is 0. The van der Waals surface area contributed by atoms with E-state index in [0.29, 0.717) is 5.78 Å². The Morgan fingerprint density at radius 1 is 1.44 bits per heavy atom. The van der Waals surface area contributed by atoms with Crippen LogP contribution in [0.4, 0.5) is 0 Å². The second-order valence-electron chi connectivity index (χ2n) is 2.31. The molecule has 0 unspecified atom stereocenters. The van der Waals surface area contributed by atoms with Crippen LogP contribution in [0, 0.1) is 0 Å². The summed E-state index contributed by atoms with van der Waals surface area (Å²) in [6, 6.07) is 0. The molecule has 0 saturated heterocycles. The van der Waals surface area contributed by atoms with Crippen LogP contribution in [0.15, 0.2) is 11.6 Å². The number of allylic oxidation sites excluding steroid dienone is 2. The van der Waals surface area contributed by atoms with Crippen molar-refractivity contribution >= 4 is 18.2 Å². The highest BCUT2D eigenvalue weighted by Crippen LogP contribution is 2.12. The van der Waals surface area contributed by atoms with E-state index < -0.39 is 0 Å². The fourth-order valence-electron chi connectivity index (χ4n) is 0.961. The maximum Gasteiger partial charge on any atom is 0.155 e. The van der Waals surface area contributed by atoms with Gasteiger partial charge in [0, 0.05) is 6.42 Å². The molecular weight excluding hydrogens is 136 g/mol. The summed E-state index contributed by atoms with van der Waals surface area (Å²) in [4.78, 5) is 10.6. The Kier molecular flexibility index (Phi) is 3.55. The second kappa shape index (κ2) is 3.67. The van der Waals surface area contributed by atoms with Gasteiger partial charge in [0.25, 0.3) is 0 Å². The fraction of sp³-hybridized carbons (Fsp3) is 0.571. The molecule has 0 aromatic carbocycles. The molecule has 0 amide bonds. The first kappa shape index (κ1) is 8.70. The zero-order valence-electron chi connectivity index (χ0n) is 5.52. The smallest absolute Gasteiger partial charge is 0.155 e. The predicted octanol–water partition coefficient (Wildman–Crippen LogP) is 2.11. The number of carbonyl (C=O) groups is 1. The number of ketones is 1. The summed E-state index contributed by atoms with van der Waals surface area (Å²) in [5.41, 5.74) is 1.24. The van der Waals surface area contributed by atoms with Gasteiger partial charge in [-0.2, -0.15) is 0 Å². The maximum absolute atomic E-state index is 10.6. The molecule has 0 aromatic rings. The molecule has 2 heteroatoms. The number of rotatable bonds is 0. The Balaban J connectivity index is 0.000000640. The van der Waals surface area contributed by atoms with E-state index in [1.54, 1.807) is 6.08 Å². The van der Waals surface area contributed by atoms with Crippen LogP contribution in [0.3, 0.4) is 0 Å². The molecule has 0 saturated carbocycles. The minimum atomic E-state index is 0. The van der Waals surface area contributed by atoms with Crippen LogP contribution >= 0.6 is 12.4 Å². The lowest BCUT2D eigenvalue weighted by atomic mass is 10.0. The monoisotopic (exact) mass is 146 g/mol. The first-order valence-electron chi connectivity index (χ1n) is 2.99. The van der Waals surface area contributed by atoms with E-state index in [1.807, 2.05) is 6.92 Å². The lowest BCUT2D eigenvalue weighted by Crippen LogP contribution is -1.99. The summed E-state index contributed by atoms with van der Waals surface area (Å²) in [6.07, 6.45) is 4.69. The van der Waals surface area contributed by atoms with Crippen LogP contribution in [0.5, 0.6) is 0 Å². The molecule has 52 valence electrons. The minimum Gasteiger partial charge on any atom is -0.295 e. The van der Waals surface area contributed by atoms with E-state index in [2.05, 4.69) is 0 Å². The van der Waals surface area contributed by atoms with Crippen LogP contribution in [-0.2, 0) is 4.79 Å². The summed E-state index contributed by atoms with van der Waals surface area (Å²) in [5.74, 6) is 0.300. The van der Waals surface area contributed by atoms with Crippen molar-refractivity contribution in [3.63, 3.8) is 0 Å². The quantitative estimate of drug-likeness (QED) is 0.512. The molecule has 0 fully saturated rings. The van der Waals surface area contributed by atoms with Crippen LogP contribution in [0.2, 0.25) is 0 Å². The average molecular weight is 147 g/mol. The molecule has 1 aliphatic carbocycles. The fourth-order valence-corrected chi connectivity index (χ4v) is 0.961. The summed E-state index contributed by atoms with van der Waals surface area (Å²) < 4.78 is 0. The third kappa shape index (κ3) is 2.66. The first-order valence-corrected chi connectivity index (χ1v) is 2.99. The predicted molar refractivity (Wildman–Crippen MR) is 39.9 cm³/mol.